The number of rotatable bonds is 2. The summed E-state index contributed by atoms with van der Waals surface area (Å²) in [4.78, 5) is 17.1. The Morgan fingerprint density at radius 1 is 0.900 bits per heavy atom. The Balaban J connectivity index is 1.65. The zero-order chi connectivity index (χ0) is 13.8. The van der Waals surface area contributed by atoms with Crippen LogP contribution in [-0.4, -0.2) is 41.1 Å². The molecule has 6 nitrogen and oxygen atoms in total. The maximum Gasteiger partial charge on any atom is 0.158 e. The second-order valence-electron chi connectivity index (χ2n) is 4.53. The molecule has 1 fully saturated rings. The van der Waals surface area contributed by atoms with Crippen molar-refractivity contribution in [1.82, 2.24) is 15.0 Å². The van der Waals surface area contributed by atoms with Crippen LogP contribution < -0.4 is 9.80 Å². The summed E-state index contributed by atoms with van der Waals surface area (Å²) in [6.45, 7) is 3.55. The number of anilines is 2. The Hall–Kier alpha value is -2.68. The number of piperazine rings is 1. The number of nitrogens with zero attached hydrogens (tertiary/aromatic N) is 6. The van der Waals surface area contributed by atoms with E-state index < -0.39 is 0 Å². The van der Waals surface area contributed by atoms with Crippen LogP contribution in [0.1, 0.15) is 5.69 Å². The maximum absolute atomic E-state index is 8.72. The van der Waals surface area contributed by atoms with Gasteiger partial charge in [-0.3, -0.25) is 0 Å². The van der Waals surface area contributed by atoms with Gasteiger partial charge in [0.2, 0.25) is 0 Å². The van der Waals surface area contributed by atoms with Crippen molar-refractivity contribution in [1.29, 1.82) is 5.26 Å². The molecular formula is C14H14N6. The molecule has 0 unspecified atom stereocenters. The van der Waals surface area contributed by atoms with E-state index in [9.17, 15) is 0 Å². The SMILES string of the molecule is N#Cc1cnc(N2CCN(c3ccccn3)CC2)cn1. The summed E-state index contributed by atoms with van der Waals surface area (Å²) >= 11 is 0. The first-order valence-corrected chi connectivity index (χ1v) is 6.50. The van der Waals surface area contributed by atoms with Crippen LogP contribution in [0.3, 0.4) is 0 Å². The second-order valence-corrected chi connectivity index (χ2v) is 4.53. The van der Waals surface area contributed by atoms with Crippen molar-refractivity contribution < 1.29 is 0 Å². The lowest BCUT2D eigenvalue weighted by molar-refractivity contribution is 0.640. The minimum atomic E-state index is 0.348. The Kier molecular flexibility index (Phi) is 3.42. The van der Waals surface area contributed by atoms with Gasteiger partial charge in [0, 0.05) is 32.4 Å². The van der Waals surface area contributed by atoms with Crippen molar-refractivity contribution >= 4 is 11.6 Å². The Labute approximate surface area is 117 Å². The van der Waals surface area contributed by atoms with Crippen LogP contribution in [0.2, 0.25) is 0 Å². The fraction of sp³-hybridized carbons (Fsp3) is 0.286. The van der Waals surface area contributed by atoms with Crippen LogP contribution in [0.5, 0.6) is 0 Å². The Bertz CT molecular complexity index is 596. The van der Waals surface area contributed by atoms with E-state index in [-0.39, 0.29) is 0 Å². The number of aromatic nitrogens is 3. The lowest BCUT2D eigenvalue weighted by Crippen LogP contribution is -2.47. The molecule has 0 aromatic carbocycles. The molecule has 0 bridgehead atoms. The van der Waals surface area contributed by atoms with E-state index in [0.717, 1.165) is 37.8 Å². The van der Waals surface area contributed by atoms with Crippen LogP contribution in [-0.2, 0) is 0 Å². The second kappa shape index (κ2) is 5.53. The van der Waals surface area contributed by atoms with Gasteiger partial charge in [-0.15, -0.1) is 0 Å². The van der Waals surface area contributed by atoms with Crippen molar-refractivity contribution in [3.8, 4) is 6.07 Å². The molecule has 2 aromatic rings. The van der Waals surface area contributed by atoms with Crippen LogP contribution in [0.4, 0.5) is 11.6 Å². The normalized spacial score (nSPS) is 14.9. The highest BCUT2D eigenvalue weighted by Gasteiger charge is 2.18. The third-order valence-corrected chi connectivity index (χ3v) is 3.33. The molecule has 0 amide bonds. The summed E-state index contributed by atoms with van der Waals surface area (Å²) in [7, 11) is 0. The van der Waals surface area contributed by atoms with Crippen molar-refractivity contribution in [2.24, 2.45) is 0 Å². The van der Waals surface area contributed by atoms with Crippen molar-refractivity contribution in [3.05, 3.63) is 42.5 Å². The Morgan fingerprint density at radius 2 is 1.65 bits per heavy atom. The third kappa shape index (κ3) is 2.52. The summed E-state index contributed by atoms with van der Waals surface area (Å²) in [5.74, 6) is 1.84. The molecule has 100 valence electrons. The topological polar surface area (TPSA) is 68.9 Å². The Morgan fingerprint density at radius 3 is 2.20 bits per heavy atom. The largest absolute Gasteiger partial charge is 0.353 e. The molecule has 0 saturated carbocycles. The van der Waals surface area contributed by atoms with E-state index in [1.165, 1.54) is 6.20 Å². The van der Waals surface area contributed by atoms with Crippen molar-refractivity contribution in [3.63, 3.8) is 0 Å². The molecule has 1 aliphatic heterocycles. The molecular weight excluding hydrogens is 252 g/mol. The molecule has 20 heavy (non-hydrogen) atoms. The maximum atomic E-state index is 8.72. The molecule has 0 radical (unpaired) electrons. The predicted octanol–water partition coefficient (Wildman–Crippen LogP) is 1.07. The highest BCUT2D eigenvalue weighted by Crippen LogP contribution is 2.16. The summed E-state index contributed by atoms with van der Waals surface area (Å²) < 4.78 is 0. The molecule has 2 aromatic heterocycles. The van der Waals surface area contributed by atoms with Crippen LogP contribution >= 0.6 is 0 Å². The number of pyridine rings is 1. The molecule has 3 rings (SSSR count). The lowest BCUT2D eigenvalue weighted by Gasteiger charge is -2.35. The molecule has 0 aliphatic carbocycles. The molecule has 0 spiro atoms. The van der Waals surface area contributed by atoms with Gasteiger partial charge in [0.25, 0.3) is 0 Å². The van der Waals surface area contributed by atoms with E-state index in [0.29, 0.717) is 5.69 Å². The van der Waals surface area contributed by atoms with E-state index in [4.69, 9.17) is 5.26 Å². The van der Waals surface area contributed by atoms with Gasteiger partial charge >= 0.3 is 0 Å². The van der Waals surface area contributed by atoms with Crippen molar-refractivity contribution in [2.75, 3.05) is 36.0 Å². The zero-order valence-electron chi connectivity index (χ0n) is 11.0. The van der Waals surface area contributed by atoms with Gasteiger partial charge in [-0.1, -0.05) is 6.07 Å². The fourth-order valence-corrected chi connectivity index (χ4v) is 2.25. The first kappa shape index (κ1) is 12.4. The average molecular weight is 266 g/mol. The molecule has 1 saturated heterocycles. The molecule has 1 aliphatic rings. The molecule has 0 atom stereocenters. The van der Waals surface area contributed by atoms with Crippen LogP contribution in [0.15, 0.2) is 36.8 Å². The first-order chi connectivity index (χ1) is 9.86. The van der Waals surface area contributed by atoms with Gasteiger partial charge < -0.3 is 9.80 Å². The minimum Gasteiger partial charge on any atom is -0.353 e. The summed E-state index contributed by atoms with van der Waals surface area (Å²) in [6, 6.07) is 7.93. The summed E-state index contributed by atoms with van der Waals surface area (Å²) in [6.07, 6.45) is 4.99. The molecule has 0 N–H and O–H groups in total. The quantitative estimate of drug-likeness (QED) is 0.810. The number of hydrogen-bond acceptors (Lipinski definition) is 6. The van der Waals surface area contributed by atoms with Crippen LogP contribution in [0, 0.1) is 11.3 Å². The van der Waals surface area contributed by atoms with E-state index >= 15 is 0 Å². The summed E-state index contributed by atoms with van der Waals surface area (Å²) in [5.41, 5.74) is 0.348. The van der Waals surface area contributed by atoms with E-state index in [1.807, 2.05) is 30.5 Å². The highest BCUT2D eigenvalue weighted by atomic mass is 15.3. The van der Waals surface area contributed by atoms with Crippen molar-refractivity contribution in [2.45, 2.75) is 0 Å². The number of nitriles is 1. The lowest BCUT2D eigenvalue weighted by atomic mass is 10.3. The van der Waals surface area contributed by atoms with Crippen LogP contribution in [0.25, 0.3) is 0 Å². The fourth-order valence-electron chi connectivity index (χ4n) is 2.25. The van der Waals surface area contributed by atoms with Gasteiger partial charge in [-0.05, 0) is 12.1 Å². The summed E-state index contributed by atoms with van der Waals surface area (Å²) in [5, 5.41) is 8.72. The minimum absolute atomic E-state index is 0.348. The van der Waals surface area contributed by atoms with Gasteiger partial charge in [0.15, 0.2) is 5.69 Å². The van der Waals surface area contributed by atoms with Gasteiger partial charge in [0.1, 0.15) is 17.7 Å². The molecule has 6 heteroatoms. The molecule has 3 heterocycles. The van der Waals surface area contributed by atoms with Gasteiger partial charge in [0.05, 0.1) is 12.4 Å². The number of hydrogen-bond donors (Lipinski definition) is 0. The van der Waals surface area contributed by atoms with Gasteiger partial charge in [-0.25, -0.2) is 15.0 Å². The first-order valence-electron chi connectivity index (χ1n) is 6.50. The third-order valence-electron chi connectivity index (χ3n) is 3.33. The average Bonchev–Trinajstić information content (AvgIpc) is 2.56. The monoisotopic (exact) mass is 266 g/mol. The standard InChI is InChI=1S/C14H14N6/c15-9-12-10-18-14(11-17-12)20-7-5-19(6-8-20)13-3-1-2-4-16-13/h1-4,10-11H,5-8H2. The predicted molar refractivity (Wildman–Crippen MR) is 75.4 cm³/mol. The zero-order valence-corrected chi connectivity index (χ0v) is 11.0. The van der Waals surface area contributed by atoms with E-state index in [2.05, 4.69) is 24.8 Å². The highest BCUT2D eigenvalue weighted by molar-refractivity contribution is 5.44. The van der Waals surface area contributed by atoms with Gasteiger partial charge in [-0.2, -0.15) is 5.26 Å². The smallest absolute Gasteiger partial charge is 0.158 e. The van der Waals surface area contributed by atoms with E-state index in [1.54, 1.807) is 6.20 Å².